The van der Waals surface area contributed by atoms with Crippen molar-refractivity contribution in [3.05, 3.63) is 11.6 Å². The molecule has 1 rings (SSSR count). The van der Waals surface area contributed by atoms with Crippen LogP contribution in [0.25, 0.3) is 0 Å². The fourth-order valence-corrected chi connectivity index (χ4v) is 1.46. The van der Waals surface area contributed by atoms with Crippen molar-refractivity contribution in [2.24, 2.45) is 0 Å². The van der Waals surface area contributed by atoms with Gasteiger partial charge in [-0.15, -0.1) is 0 Å². The maximum atomic E-state index is 8.66. The summed E-state index contributed by atoms with van der Waals surface area (Å²) in [5.74, 6) is -0.440. The van der Waals surface area contributed by atoms with Crippen LogP contribution >= 0.6 is 0 Å². The highest BCUT2D eigenvalue weighted by atomic mass is 16.7. The van der Waals surface area contributed by atoms with E-state index in [0.29, 0.717) is 6.61 Å². The van der Waals surface area contributed by atoms with Crippen LogP contribution in [-0.2, 0) is 9.47 Å². The summed E-state index contributed by atoms with van der Waals surface area (Å²) in [5.41, 5.74) is 1.15. The smallest absolute Gasteiger partial charge is 0.163 e. The Morgan fingerprint density at radius 2 is 2.31 bits per heavy atom. The average Bonchev–Trinajstić information content (AvgIpc) is 2.30. The van der Waals surface area contributed by atoms with Gasteiger partial charge in [-0.2, -0.15) is 0 Å². The molecule has 1 aliphatic heterocycles. The summed E-state index contributed by atoms with van der Waals surface area (Å²) < 4.78 is 11.0. The van der Waals surface area contributed by atoms with Gasteiger partial charge in [0.15, 0.2) is 5.79 Å². The summed E-state index contributed by atoms with van der Waals surface area (Å²) in [6.07, 6.45) is 2.77. The van der Waals surface area contributed by atoms with Gasteiger partial charge in [0.25, 0.3) is 0 Å². The molecule has 3 heteroatoms. The first kappa shape index (κ1) is 10.7. The van der Waals surface area contributed by atoms with E-state index in [1.165, 1.54) is 0 Å². The van der Waals surface area contributed by atoms with Gasteiger partial charge in [-0.25, -0.2) is 0 Å². The quantitative estimate of drug-likeness (QED) is 0.678. The Labute approximate surface area is 79.3 Å². The van der Waals surface area contributed by atoms with Crippen LogP contribution in [0.15, 0.2) is 11.6 Å². The third-order valence-corrected chi connectivity index (χ3v) is 2.06. The lowest BCUT2D eigenvalue weighted by atomic mass is 10.1. The molecule has 0 unspecified atom stereocenters. The van der Waals surface area contributed by atoms with E-state index in [1.807, 2.05) is 20.8 Å². The minimum Gasteiger partial charge on any atom is -0.392 e. The molecule has 0 amide bonds. The molecule has 76 valence electrons. The largest absolute Gasteiger partial charge is 0.392 e. The van der Waals surface area contributed by atoms with Crippen LogP contribution in [0, 0.1) is 0 Å². The Morgan fingerprint density at radius 1 is 1.62 bits per heavy atom. The molecule has 0 aromatic heterocycles. The van der Waals surface area contributed by atoms with Gasteiger partial charge in [0.05, 0.1) is 19.3 Å². The summed E-state index contributed by atoms with van der Waals surface area (Å²) in [6.45, 7) is 6.56. The normalized spacial score (nSPS) is 28.0. The minimum absolute atomic E-state index is 0.100. The topological polar surface area (TPSA) is 38.7 Å². The number of aliphatic hydroxyl groups excluding tert-OH is 1. The van der Waals surface area contributed by atoms with Gasteiger partial charge in [-0.05, 0) is 27.2 Å². The Hall–Kier alpha value is -0.380. The number of hydrogen-bond acceptors (Lipinski definition) is 3. The molecular weight excluding hydrogens is 168 g/mol. The molecular formula is C10H18O3. The second-order valence-corrected chi connectivity index (χ2v) is 3.89. The number of aliphatic hydroxyl groups is 1. The van der Waals surface area contributed by atoms with E-state index in [1.54, 1.807) is 6.08 Å². The van der Waals surface area contributed by atoms with Crippen molar-refractivity contribution >= 4 is 0 Å². The van der Waals surface area contributed by atoms with E-state index in [9.17, 15) is 0 Å². The van der Waals surface area contributed by atoms with Gasteiger partial charge in [0, 0.05) is 0 Å². The molecule has 0 aromatic carbocycles. The summed E-state index contributed by atoms with van der Waals surface area (Å²) in [5, 5.41) is 8.66. The monoisotopic (exact) mass is 186 g/mol. The Kier molecular flexibility index (Phi) is 3.47. The average molecular weight is 186 g/mol. The summed E-state index contributed by atoms with van der Waals surface area (Å²) in [7, 11) is 0. The van der Waals surface area contributed by atoms with Crippen LogP contribution in [0.4, 0.5) is 0 Å². The number of ether oxygens (including phenoxy) is 2. The Bertz CT molecular complexity index is 196. The minimum atomic E-state index is -0.440. The maximum absolute atomic E-state index is 8.66. The van der Waals surface area contributed by atoms with Crippen LogP contribution < -0.4 is 0 Å². The number of hydrogen-bond donors (Lipinski definition) is 1. The first-order chi connectivity index (χ1) is 6.03. The molecule has 1 aliphatic rings. The molecule has 0 radical (unpaired) electrons. The van der Waals surface area contributed by atoms with E-state index < -0.39 is 5.79 Å². The zero-order valence-electron chi connectivity index (χ0n) is 8.54. The molecule has 1 fully saturated rings. The third-order valence-electron chi connectivity index (χ3n) is 2.06. The second-order valence-electron chi connectivity index (χ2n) is 3.89. The van der Waals surface area contributed by atoms with E-state index in [4.69, 9.17) is 14.6 Å². The van der Waals surface area contributed by atoms with Crippen LogP contribution in [-0.4, -0.2) is 30.2 Å². The molecule has 1 atom stereocenters. The summed E-state index contributed by atoms with van der Waals surface area (Å²) >= 11 is 0. The number of rotatable bonds is 3. The van der Waals surface area contributed by atoms with Crippen LogP contribution in [0.5, 0.6) is 0 Å². The SMILES string of the molecule is C/C(=C\CO)C[C@H]1COC(C)(C)O1. The van der Waals surface area contributed by atoms with Gasteiger partial charge in [0.1, 0.15) is 0 Å². The lowest BCUT2D eigenvalue weighted by Gasteiger charge is -2.17. The maximum Gasteiger partial charge on any atom is 0.163 e. The molecule has 1 saturated heterocycles. The molecule has 0 saturated carbocycles. The molecule has 0 spiro atoms. The van der Waals surface area contributed by atoms with E-state index in [2.05, 4.69) is 0 Å². The second kappa shape index (κ2) is 4.22. The molecule has 1 heterocycles. The molecule has 1 N–H and O–H groups in total. The standard InChI is InChI=1S/C10H18O3/c1-8(4-5-11)6-9-7-12-10(2,3)13-9/h4,9,11H,5-7H2,1-3H3/b8-4+/t9-/m0/s1. The van der Waals surface area contributed by atoms with Gasteiger partial charge in [0.2, 0.25) is 0 Å². The molecule has 0 bridgehead atoms. The highest BCUT2D eigenvalue weighted by Crippen LogP contribution is 2.25. The zero-order valence-corrected chi connectivity index (χ0v) is 8.54. The first-order valence-electron chi connectivity index (χ1n) is 4.62. The summed E-state index contributed by atoms with van der Waals surface area (Å²) in [4.78, 5) is 0. The Morgan fingerprint density at radius 3 is 2.77 bits per heavy atom. The fourth-order valence-electron chi connectivity index (χ4n) is 1.46. The van der Waals surface area contributed by atoms with E-state index in [-0.39, 0.29) is 12.7 Å². The fraction of sp³-hybridized carbons (Fsp3) is 0.800. The lowest BCUT2D eigenvalue weighted by Crippen LogP contribution is -2.21. The molecule has 0 aliphatic carbocycles. The third kappa shape index (κ3) is 3.46. The van der Waals surface area contributed by atoms with Crippen molar-refractivity contribution in [1.82, 2.24) is 0 Å². The Balaban J connectivity index is 2.36. The highest BCUT2D eigenvalue weighted by molar-refractivity contribution is 5.00. The van der Waals surface area contributed by atoms with Crippen LogP contribution in [0.3, 0.4) is 0 Å². The molecule has 13 heavy (non-hydrogen) atoms. The van der Waals surface area contributed by atoms with E-state index in [0.717, 1.165) is 12.0 Å². The lowest BCUT2D eigenvalue weighted by molar-refractivity contribution is -0.138. The van der Waals surface area contributed by atoms with E-state index >= 15 is 0 Å². The van der Waals surface area contributed by atoms with Crippen molar-refractivity contribution in [2.45, 2.75) is 39.1 Å². The van der Waals surface area contributed by atoms with Crippen molar-refractivity contribution in [2.75, 3.05) is 13.2 Å². The van der Waals surface area contributed by atoms with Crippen LogP contribution in [0.2, 0.25) is 0 Å². The van der Waals surface area contributed by atoms with Crippen molar-refractivity contribution in [1.29, 1.82) is 0 Å². The molecule has 3 nitrogen and oxygen atoms in total. The highest BCUT2D eigenvalue weighted by Gasteiger charge is 2.32. The van der Waals surface area contributed by atoms with Crippen molar-refractivity contribution in [3.8, 4) is 0 Å². The summed E-state index contributed by atoms with van der Waals surface area (Å²) in [6, 6.07) is 0. The van der Waals surface area contributed by atoms with Crippen LogP contribution in [0.1, 0.15) is 27.2 Å². The van der Waals surface area contributed by atoms with Gasteiger partial charge in [-0.1, -0.05) is 11.6 Å². The predicted molar refractivity (Wildman–Crippen MR) is 50.4 cm³/mol. The van der Waals surface area contributed by atoms with Gasteiger partial charge >= 0.3 is 0 Å². The van der Waals surface area contributed by atoms with Crippen molar-refractivity contribution < 1.29 is 14.6 Å². The predicted octanol–water partition coefficient (Wildman–Crippen LogP) is 1.47. The van der Waals surface area contributed by atoms with Crippen molar-refractivity contribution in [3.63, 3.8) is 0 Å². The zero-order chi connectivity index (χ0) is 9.90. The first-order valence-corrected chi connectivity index (χ1v) is 4.62. The van der Waals surface area contributed by atoms with Gasteiger partial charge in [-0.3, -0.25) is 0 Å². The molecule has 0 aromatic rings. The van der Waals surface area contributed by atoms with Gasteiger partial charge < -0.3 is 14.6 Å².